The minimum absolute atomic E-state index is 0.0276. The van der Waals surface area contributed by atoms with Crippen LogP contribution in [-0.2, 0) is 12.6 Å². The highest BCUT2D eigenvalue weighted by Gasteiger charge is 2.33. The van der Waals surface area contributed by atoms with E-state index in [-0.39, 0.29) is 30.4 Å². The summed E-state index contributed by atoms with van der Waals surface area (Å²) in [6.45, 7) is 3.30. The molecule has 0 atom stereocenters. The van der Waals surface area contributed by atoms with Crippen LogP contribution in [0.2, 0.25) is 0 Å². The lowest BCUT2D eigenvalue weighted by atomic mass is 10.1. The van der Waals surface area contributed by atoms with Crippen molar-refractivity contribution in [1.82, 2.24) is 25.5 Å². The van der Waals surface area contributed by atoms with Gasteiger partial charge < -0.3 is 5.32 Å². The minimum atomic E-state index is -4.54. The van der Waals surface area contributed by atoms with Crippen LogP contribution in [-0.4, -0.2) is 32.6 Å². The van der Waals surface area contributed by atoms with Crippen molar-refractivity contribution in [3.05, 3.63) is 64.9 Å². The van der Waals surface area contributed by atoms with Crippen LogP contribution < -0.4 is 5.32 Å². The molecule has 3 aromatic rings. The summed E-state index contributed by atoms with van der Waals surface area (Å²) in [5.41, 5.74) is 1.53. The highest BCUT2D eigenvalue weighted by atomic mass is 19.4. The van der Waals surface area contributed by atoms with E-state index in [1.807, 2.05) is 30.3 Å². The Kier molecular flexibility index (Phi) is 5.43. The maximum Gasteiger partial charge on any atom is 0.433 e. The van der Waals surface area contributed by atoms with Gasteiger partial charge in [-0.2, -0.15) is 18.3 Å². The van der Waals surface area contributed by atoms with Gasteiger partial charge in [-0.1, -0.05) is 30.3 Å². The molecule has 0 spiro atoms. The van der Waals surface area contributed by atoms with Crippen LogP contribution in [0, 0.1) is 13.8 Å². The Morgan fingerprint density at radius 3 is 2.54 bits per heavy atom. The molecule has 0 aliphatic carbocycles. The quantitative estimate of drug-likeness (QED) is 0.700. The zero-order chi connectivity index (χ0) is 20.3. The molecular weight excluding hydrogens is 371 g/mol. The first kappa shape index (κ1) is 19.5. The number of aromatic nitrogens is 4. The number of hydrogen-bond donors (Lipinski definition) is 2. The first-order valence-electron chi connectivity index (χ1n) is 8.56. The van der Waals surface area contributed by atoms with E-state index >= 15 is 0 Å². The van der Waals surface area contributed by atoms with Crippen molar-refractivity contribution < 1.29 is 18.0 Å². The van der Waals surface area contributed by atoms with Crippen LogP contribution in [0.25, 0.3) is 11.3 Å². The first-order chi connectivity index (χ1) is 13.3. The summed E-state index contributed by atoms with van der Waals surface area (Å²) in [6, 6.07) is 10.1. The van der Waals surface area contributed by atoms with Crippen LogP contribution in [0.3, 0.4) is 0 Å². The largest absolute Gasteiger partial charge is 0.433 e. The molecule has 0 unspecified atom stereocenters. The zero-order valence-electron chi connectivity index (χ0n) is 15.3. The van der Waals surface area contributed by atoms with Crippen molar-refractivity contribution >= 4 is 5.91 Å². The highest BCUT2D eigenvalue weighted by molar-refractivity contribution is 6.01. The normalized spacial score (nSPS) is 11.5. The molecule has 2 aromatic heterocycles. The lowest BCUT2D eigenvalue weighted by Gasteiger charge is -2.10. The van der Waals surface area contributed by atoms with Crippen LogP contribution in [0.5, 0.6) is 0 Å². The molecule has 0 saturated heterocycles. The number of carbonyl (C=O) groups is 1. The Hall–Kier alpha value is -3.23. The average molecular weight is 389 g/mol. The van der Waals surface area contributed by atoms with Crippen molar-refractivity contribution in [2.75, 3.05) is 6.54 Å². The van der Waals surface area contributed by atoms with Gasteiger partial charge in [0.2, 0.25) is 0 Å². The molecule has 0 aliphatic rings. The van der Waals surface area contributed by atoms with E-state index < -0.39 is 11.9 Å². The third-order valence-corrected chi connectivity index (χ3v) is 4.05. The molecule has 0 bridgehead atoms. The Morgan fingerprint density at radius 1 is 1.14 bits per heavy atom. The Labute approximate surface area is 159 Å². The SMILES string of the molecule is Cc1cc(C(F)(F)F)nc(CCNC(=O)c2c(-c3ccccc3)n[nH]c2C)n1. The Morgan fingerprint density at radius 2 is 1.86 bits per heavy atom. The molecule has 3 rings (SSSR count). The standard InChI is InChI=1S/C19H18F3N5O/c1-11-10-14(19(20,21)22)25-15(24-11)8-9-23-18(28)16-12(2)26-27-17(16)13-6-4-3-5-7-13/h3-7,10H,8-9H2,1-2H3,(H,23,28)(H,26,27). The smallest absolute Gasteiger partial charge is 0.351 e. The number of rotatable bonds is 5. The highest BCUT2D eigenvalue weighted by Crippen LogP contribution is 2.28. The van der Waals surface area contributed by atoms with Crippen LogP contribution in [0.15, 0.2) is 36.4 Å². The predicted octanol–water partition coefficient (Wildman–Crippen LogP) is 3.47. The summed E-state index contributed by atoms with van der Waals surface area (Å²) in [4.78, 5) is 20.2. The molecule has 0 radical (unpaired) electrons. The fraction of sp³-hybridized carbons (Fsp3) is 0.263. The van der Waals surface area contributed by atoms with Gasteiger partial charge in [0.15, 0.2) is 0 Å². The van der Waals surface area contributed by atoms with E-state index in [0.717, 1.165) is 11.6 Å². The topological polar surface area (TPSA) is 83.6 Å². The van der Waals surface area contributed by atoms with Gasteiger partial charge in [-0.15, -0.1) is 0 Å². The lowest BCUT2D eigenvalue weighted by Crippen LogP contribution is -2.27. The Balaban J connectivity index is 1.71. The monoisotopic (exact) mass is 389 g/mol. The number of alkyl halides is 3. The van der Waals surface area contributed by atoms with E-state index in [2.05, 4.69) is 25.5 Å². The Bertz CT molecular complexity index is 983. The van der Waals surface area contributed by atoms with Crippen LogP contribution in [0.4, 0.5) is 13.2 Å². The van der Waals surface area contributed by atoms with Crippen molar-refractivity contribution in [1.29, 1.82) is 0 Å². The second-order valence-corrected chi connectivity index (χ2v) is 6.25. The van der Waals surface area contributed by atoms with Crippen molar-refractivity contribution in [3.63, 3.8) is 0 Å². The van der Waals surface area contributed by atoms with Crippen molar-refractivity contribution in [2.45, 2.75) is 26.4 Å². The van der Waals surface area contributed by atoms with E-state index in [9.17, 15) is 18.0 Å². The van der Waals surface area contributed by atoms with Gasteiger partial charge in [-0.3, -0.25) is 9.89 Å². The summed E-state index contributed by atoms with van der Waals surface area (Å²) in [5, 5.41) is 9.69. The molecule has 28 heavy (non-hydrogen) atoms. The number of aryl methyl sites for hydroxylation is 2. The molecule has 2 heterocycles. The fourth-order valence-corrected chi connectivity index (χ4v) is 2.78. The third-order valence-electron chi connectivity index (χ3n) is 4.05. The number of carbonyl (C=O) groups excluding carboxylic acids is 1. The molecular formula is C19H18F3N5O. The average Bonchev–Trinajstić information content (AvgIpc) is 3.03. The predicted molar refractivity (Wildman–Crippen MR) is 96.6 cm³/mol. The number of nitrogens with zero attached hydrogens (tertiary/aromatic N) is 3. The van der Waals surface area contributed by atoms with Gasteiger partial charge >= 0.3 is 6.18 Å². The maximum absolute atomic E-state index is 12.9. The van der Waals surface area contributed by atoms with E-state index in [0.29, 0.717) is 17.0 Å². The van der Waals surface area contributed by atoms with Gasteiger partial charge in [0.25, 0.3) is 5.91 Å². The van der Waals surface area contributed by atoms with E-state index in [1.54, 1.807) is 6.92 Å². The number of nitrogens with one attached hydrogen (secondary N) is 2. The number of halogens is 3. The summed E-state index contributed by atoms with van der Waals surface area (Å²) < 4.78 is 38.6. The van der Waals surface area contributed by atoms with Gasteiger partial charge in [-0.05, 0) is 19.9 Å². The van der Waals surface area contributed by atoms with E-state index in [1.165, 1.54) is 6.92 Å². The molecule has 9 heteroatoms. The number of benzene rings is 1. The zero-order valence-corrected chi connectivity index (χ0v) is 15.3. The first-order valence-corrected chi connectivity index (χ1v) is 8.56. The number of hydrogen-bond acceptors (Lipinski definition) is 4. The number of amides is 1. The minimum Gasteiger partial charge on any atom is -0.351 e. The molecule has 6 nitrogen and oxygen atoms in total. The summed E-state index contributed by atoms with van der Waals surface area (Å²) in [5.74, 6) is -0.339. The van der Waals surface area contributed by atoms with Crippen LogP contribution >= 0.6 is 0 Å². The summed E-state index contributed by atoms with van der Waals surface area (Å²) in [6.07, 6.45) is -4.46. The van der Waals surface area contributed by atoms with Gasteiger partial charge in [-0.25, -0.2) is 9.97 Å². The van der Waals surface area contributed by atoms with E-state index in [4.69, 9.17) is 0 Å². The molecule has 1 amide bonds. The third kappa shape index (κ3) is 4.36. The van der Waals surface area contributed by atoms with Crippen molar-refractivity contribution in [2.24, 2.45) is 0 Å². The molecule has 146 valence electrons. The molecule has 0 aliphatic heterocycles. The summed E-state index contributed by atoms with van der Waals surface area (Å²) in [7, 11) is 0. The maximum atomic E-state index is 12.9. The van der Waals surface area contributed by atoms with Crippen LogP contribution in [0.1, 0.15) is 33.3 Å². The molecule has 1 aromatic carbocycles. The number of aromatic amines is 1. The van der Waals surface area contributed by atoms with Gasteiger partial charge in [0, 0.05) is 29.9 Å². The fourth-order valence-electron chi connectivity index (χ4n) is 2.78. The van der Waals surface area contributed by atoms with Gasteiger partial charge in [0.1, 0.15) is 17.2 Å². The summed E-state index contributed by atoms with van der Waals surface area (Å²) >= 11 is 0. The second-order valence-electron chi connectivity index (χ2n) is 6.25. The number of H-pyrrole nitrogens is 1. The molecule has 0 saturated carbocycles. The van der Waals surface area contributed by atoms with Crippen molar-refractivity contribution in [3.8, 4) is 11.3 Å². The lowest BCUT2D eigenvalue weighted by molar-refractivity contribution is -0.141. The van der Waals surface area contributed by atoms with Gasteiger partial charge in [0.05, 0.1) is 5.56 Å². The molecule has 0 fully saturated rings. The molecule has 2 N–H and O–H groups in total. The second kappa shape index (κ2) is 7.79.